The summed E-state index contributed by atoms with van der Waals surface area (Å²) < 4.78 is 2.04. The van der Waals surface area contributed by atoms with Crippen molar-refractivity contribution in [1.82, 2.24) is 14.8 Å². The number of carbonyl (C=O) groups excluding carboxylic acids is 1. The van der Waals surface area contributed by atoms with Gasteiger partial charge in [0.1, 0.15) is 11.1 Å². The third-order valence-corrected chi connectivity index (χ3v) is 9.19. The van der Waals surface area contributed by atoms with Crippen LogP contribution in [0.1, 0.15) is 75.4 Å². The maximum absolute atomic E-state index is 12.9. The fourth-order valence-electron chi connectivity index (χ4n) is 4.74. The Kier molecular flexibility index (Phi) is 7.91. The van der Waals surface area contributed by atoms with Crippen molar-refractivity contribution in [2.45, 2.75) is 78.4 Å². The second-order valence-electron chi connectivity index (χ2n) is 10.8. The molecule has 2 heterocycles. The van der Waals surface area contributed by atoms with Crippen molar-refractivity contribution < 1.29 is 4.79 Å². The van der Waals surface area contributed by atoms with E-state index in [0.717, 1.165) is 41.4 Å². The van der Waals surface area contributed by atoms with Crippen molar-refractivity contribution in [3.63, 3.8) is 0 Å². The number of nitriles is 1. The van der Waals surface area contributed by atoms with E-state index in [9.17, 15) is 10.1 Å². The van der Waals surface area contributed by atoms with E-state index in [1.54, 1.807) is 11.3 Å². The fraction of sp³-hybridized carbons (Fsp3) is 0.500. The Morgan fingerprint density at radius 2 is 2.00 bits per heavy atom. The van der Waals surface area contributed by atoms with E-state index in [1.807, 2.05) is 4.57 Å². The first-order chi connectivity index (χ1) is 17.1. The second-order valence-corrected chi connectivity index (χ2v) is 12.8. The summed E-state index contributed by atoms with van der Waals surface area (Å²) in [5, 5.41) is 23.0. The van der Waals surface area contributed by atoms with Crippen molar-refractivity contribution in [2.75, 3.05) is 11.1 Å². The van der Waals surface area contributed by atoms with E-state index in [1.165, 1.54) is 22.2 Å². The number of thioether (sulfide) groups is 1. The summed E-state index contributed by atoms with van der Waals surface area (Å²) >= 11 is 2.95. The molecule has 2 aromatic heterocycles. The Morgan fingerprint density at radius 3 is 2.61 bits per heavy atom. The van der Waals surface area contributed by atoms with Gasteiger partial charge in [0.05, 0.1) is 11.3 Å². The zero-order chi connectivity index (χ0) is 26.0. The highest BCUT2D eigenvalue weighted by atomic mass is 32.2. The molecule has 1 aliphatic carbocycles. The molecule has 4 rings (SSSR count). The Bertz CT molecular complexity index is 1270. The summed E-state index contributed by atoms with van der Waals surface area (Å²) in [6.07, 6.45) is 2.96. The van der Waals surface area contributed by atoms with Crippen LogP contribution < -0.4 is 5.32 Å². The molecular formula is C28H35N5OS2. The van der Waals surface area contributed by atoms with Crippen molar-refractivity contribution in [1.29, 1.82) is 5.26 Å². The molecule has 1 atom stereocenters. The molecule has 36 heavy (non-hydrogen) atoms. The van der Waals surface area contributed by atoms with Gasteiger partial charge in [0.2, 0.25) is 5.91 Å². The van der Waals surface area contributed by atoms with Gasteiger partial charge in [0.25, 0.3) is 0 Å². The molecule has 1 N–H and O–H groups in total. The van der Waals surface area contributed by atoms with Crippen molar-refractivity contribution in [2.24, 2.45) is 11.3 Å². The Labute approximate surface area is 222 Å². The van der Waals surface area contributed by atoms with Gasteiger partial charge in [-0.05, 0) is 54.6 Å². The van der Waals surface area contributed by atoms with E-state index < -0.39 is 0 Å². The molecule has 1 unspecified atom stereocenters. The minimum absolute atomic E-state index is 0.129. The molecule has 0 aliphatic heterocycles. The first kappa shape index (κ1) is 26.4. The molecule has 1 amide bonds. The number of nitrogens with one attached hydrogen (secondary N) is 1. The van der Waals surface area contributed by atoms with Gasteiger partial charge in [-0.2, -0.15) is 5.26 Å². The van der Waals surface area contributed by atoms with Gasteiger partial charge < -0.3 is 9.88 Å². The van der Waals surface area contributed by atoms with Crippen LogP contribution in [0.15, 0.2) is 29.4 Å². The molecule has 3 aromatic rings. The molecule has 8 heteroatoms. The van der Waals surface area contributed by atoms with Crippen molar-refractivity contribution in [3.05, 3.63) is 45.8 Å². The van der Waals surface area contributed by atoms with Crippen LogP contribution in [0.2, 0.25) is 0 Å². The normalized spacial score (nSPS) is 15.6. The number of fused-ring (bicyclic) bond motifs is 1. The van der Waals surface area contributed by atoms with Crippen molar-refractivity contribution in [3.8, 4) is 17.5 Å². The number of hydrogen-bond acceptors (Lipinski definition) is 6. The minimum atomic E-state index is -0.129. The largest absolute Gasteiger partial charge is 0.316 e. The number of carbonyl (C=O) groups is 1. The predicted molar refractivity (Wildman–Crippen MR) is 149 cm³/mol. The number of rotatable bonds is 7. The van der Waals surface area contributed by atoms with Crippen LogP contribution in [0.3, 0.4) is 0 Å². The molecule has 0 radical (unpaired) electrons. The molecule has 0 bridgehead atoms. The Morgan fingerprint density at radius 1 is 1.28 bits per heavy atom. The standard InChI is InChI=1S/C28H35N5OS2/c1-7-33-25(19-10-8-18(9-11-19)17(2)3)31-32-27(33)35-16-24(34)30-26-22(15-29)21-13-12-20(28(4,5)6)14-23(21)36-26/h8-11,17,20H,7,12-14,16H2,1-6H3,(H,30,34). The van der Waals surface area contributed by atoms with E-state index in [-0.39, 0.29) is 17.1 Å². The summed E-state index contributed by atoms with van der Waals surface area (Å²) in [6.45, 7) is 14.0. The zero-order valence-electron chi connectivity index (χ0n) is 22.0. The SMILES string of the molecule is CCn1c(SCC(=O)Nc2sc3c(c2C#N)CCC(C(C)(C)C)C3)nnc1-c1ccc(C(C)C)cc1. The molecule has 0 saturated carbocycles. The van der Waals surface area contributed by atoms with Gasteiger partial charge in [-0.3, -0.25) is 4.79 Å². The van der Waals surface area contributed by atoms with Crippen LogP contribution >= 0.6 is 23.1 Å². The lowest BCUT2D eigenvalue weighted by Gasteiger charge is -2.33. The lowest BCUT2D eigenvalue weighted by atomic mass is 9.72. The Balaban J connectivity index is 1.44. The van der Waals surface area contributed by atoms with Crippen LogP contribution in [-0.2, 0) is 24.2 Å². The van der Waals surface area contributed by atoms with Crippen LogP contribution in [0.25, 0.3) is 11.4 Å². The smallest absolute Gasteiger partial charge is 0.235 e. The van der Waals surface area contributed by atoms with Gasteiger partial charge in [0.15, 0.2) is 11.0 Å². The molecule has 0 saturated heterocycles. The van der Waals surface area contributed by atoms with Gasteiger partial charge in [0, 0.05) is 17.0 Å². The molecule has 190 valence electrons. The number of thiophene rings is 1. The third kappa shape index (κ3) is 5.52. The third-order valence-electron chi connectivity index (χ3n) is 7.06. The van der Waals surface area contributed by atoms with E-state index in [2.05, 4.69) is 87.4 Å². The van der Waals surface area contributed by atoms with Crippen molar-refractivity contribution >= 4 is 34.0 Å². The lowest BCUT2D eigenvalue weighted by molar-refractivity contribution is -0.113. The topological polar surface area (TPSA) is 83.6 Å². The highest BCUT2D eigenvalue weighted by Gasteiger charge is 2.32. The number of nitrogens with zero attached hydrogens (tertiary/aromatic N) is 4. The van der Waals surface area contributed by atoms with Gasteiger partial charge in [-0.25, -0.2) is 0 Å². The average molecular weight is 522 g/mol. The molecular weight excluding hydrogens is 486 g/mol. The van der Waals surface area contributed by atoms with Crippen LogP contribution in [0, 0.1) is 22.7 Å². The number of aromatic nitrogens is 3. The first-order valence-electron chi connectivity index (χ1n) is 12.6. The van der Waals surface area contributed by atoms with E-state index in [0.29, 0.717) is 28.9 Å². The second kappa shape index (κ2) is 10.8. The minimum Gasteiger partial charge on any atom is -0.316 e. The van der Waals surface area contributed by atoms with Gasteiger partial charge >= 0.3 is 0 Å². The predicted octanol–water partition coefficient (Wildman–Crippen LogP) is 6.90. The zero-order valence-corrected chi connectivity index (χ0v) is 23.6. The van der Waals surface area contributed by atoms with Crippen LogP contribution in [0.4, 0.5) is 5.00 Å². The molecule has 1 aliphatic rings. The molecule has 0 spiro atoms. The van der Waals surface area contributed by atoms with Crippen LogP contribution in [-0.4, -0.2) is 26.4 Å². The van der Waals surface area contributed by atoms with Gasteiger partial charge in [-0.15, -0.1) is 21.5 Å². The summed E-state index contributed by atoms with van der Waals surface area (Å²) in [7, 11) is 0. The fourth-order valence-corrected chi connectivity index (χ4v) is 6.83. The number of anilines is 1. The number of amides is 1. The molecule has 6 nitrogen and oxygen atoms in total. The maximum Gasteiger partial charge on any atom is 0.235 e. The highest BCUT2D eigenvalue weighted by Crippen LogP contribution is 2.44. The first-order valence-corrected chi connectivity index (χ1v) is 14.4. The summed E-state index contributed by atoms with van der Waals surface area (Å²) in [6, 6.07) is 10.8. The average Bonchev–Trinajstić information content (AvgIpc) is 3.41. The summed E-state index contributed by atoms with van der Waals surface area (Å²) in [4.78, 5) is 14.1. The summed E-state index contributed by atoms with van der Waals surface area (Å²) in [5.74, 6) is 1.95. The van der Waals surface area contributed by atoms with E-state index >= 15 is 0 Å². The molecule has 1 aromatic carbocycles. The lowest BCUT2D eigenvalue weighted by Crippen LogP contribution is -2.26. The monoisotopic (exact) mass is 521 g/mol. The van der Waals surface area contributed by atoms with Crippen LogP contribution in [0.5, 0.6) is 0 Å². The number of benzene rings is 1. The van der Waals surface area contributed by atoms with Gasteiger partial charge in [-0.1, -0.05) is 70.6 Å². The summed E-state index contributed by atoms with van der Waals surface area (Å²) in [5.41, 5.74) is 4.31. The Hall–Kier alpha value is -2.63. The van der Waals surface area contributed by atoms with E-state index in [4.69, 9.17) is 0 Å². The highest BCUT2D eigenvalue weighted by molar-refractivity contribution is 7.99. The molecule has 0 fully saturated rings. The number of hydrogen-bond donors (Lipinski definition) is 1. The maximum atomic E-state index is 12.9. The quantitative estimate of drug-likeness (QED) is 0.342.